The second-order valence-corrected chi connectivity index (χ2v) is 5.46. The first-order valence-corrected chi connectivity index (χ1v) is 6.95. The van der Waals surface area contributed by atoms with Gasteiger partial charge in [-0.25, -0.2) is 4.79 Å². The molecule has 2 heterocycles. The lowest BCUT2D eigenvalue weighted by atomic mass is 10.2. The van der Waals surface area contributed by atoms with Crippen LogP contribution in [0.1, 0.15) is 28.3 Å². The van der Waals surface area contributed by atoms with E-state index in [4.69, 9.17) is 9.52 Å². The van der Waals surface area contributed by atoms with E-state index in [2.05, 4.69) is 4.90 Å². The van der Waals surface area contributed by atoms with Crippen LogP contribution in [0.3, 0.4) is 0 Å². The summed E-state index contributed by atoms with van der Waals surface area (Å²) in [5.74, 6) is 2.15. The first kappa shape index (κ1) is 12.5. The minimum atomic E-state index is -0.995. The number of carboxylic acid groups (broad SMARTS) is 1. The molecule has 1 saturated heterocycles. The molecule has 0 aliphatic carbocycles. The molecule has 0 unspecified atom stereocenters. The second-order valence-electron chi connectivity index (χ2n) is 4.24. The van der Waals surface area contributed by atoms with Crippen LogP contribution in [0.15, 0.2) is 10.5 Å². The van der Waals surface area contributed by atoms with Gasteiger partial charge in [-0.1, -0.05) is 0 Å². The van der Waals surface area contributed by atoms with Crippen molar-refractivity contribution in [1.82, 2.24) is 4.90 Å². The molecule has 94 valence electrons. The molecule has 17 heavy (non-hydrogen) atoms. The van der Waals surface area contributed by atoms with E-state index in [0.29, 0.717) is 0 Å². The van der Waals surface area contributed by atoms with E-state index in [1.54, 1.807) is 6.07 Å². The van der Waals surface area contributed by atoms with Gasteiger partial charge in [0.15, 0.2) is 0 Å². The standard InChI is InChI=1S/C12H17NO3S/c1-9-10(7-11(16-9)12(14)15)8-13-3-2-5-17-6-4-13/h7H,2-6,8H2,1H3,(H,14,15). The molecular formula is C12H17NO3S. The number of hydrogen-bond acceptors (Lipinski definition) is 4. The second kappa shape index (κ2) is 5.60. The Balaban J connectivity index is 2.04. The van der Waals surface area contributed by atoms with Crippen LogP contribution < -0.4 is 0 Å². The van der Waals surface area contributed by atoms with Crippen LogP contribution in [0.25, 0.3) is 0 Å². The average Bonchev–Trinajstić information content (AvgIpc) is 2.52. The first-order valence-electron chi connectivity index (χ1n) is 5.79. The fourth-order valence-electron chi connectivity index (χ4n) is 1.98. The van der Waals surface area contributed by atoms with Crippen molar-refractivity contribution in [1.29, 1.82) is 0 Å². The van der Waals surface area contributed by atoms with Crippen molar-refractivity contribution in [2.75, 3.05) is 24.6 Å². The van der Waals surface area contributed by atoms with Crippen molar-refractivity contribution in [2.45, 2.75) is 19.9 Å². The van der Waals surface area contributed by atoms with Gasteiger partial charge in [0, 0.05) is 24.4 Å². The van der Waals surface area contributed by atoms with Crippen LogP contribution in [0.4, 0.5) is 0 Å². The van der Waals surface area contributed by atoms with Crippen LogP contribution in [-0.2, 0) is 6.54 Å². The summed E-state index contributed by atoms with van der Waals surface area (Å²) in [5.41, 5.74) is 0.995. The molecule has 0 aromatic carbocycles. The molecule has 0 bridgehead atoms. The van der Waals surface area contributed by atoms with Gasteiger partial charge in [-0.05, 0) is 31.7 Å². The molecule has 5 heteroatoms. The van der Waals surface area contributed by atoms with Crippen molar-refractivity contribution in [2.24, 2.45) is 0 Å². The van der Waals surface area contributed by atoms with E-state index in [9.17, 15) is 4.79 Å². The molecule has 0 saturated carbocycles. The molecule has 0 amide bonds. The van der Waals surface area contributed by atoms with Crippen LogP contribution >= 0.6 is 11.8 Å². The molecule has 1 N–H and O–H groups in total. The van der Waals surface area contributed by atoms with Crippen molar-refractivity contribution < 1.29 is 14.3 Å². The zero-order valence-corrected chi connectivity index (χ0v) is 10.8. The van der Waals surface area contributed by atoms with Crippen molar-refractivity contribution in [3.05, 3.63) is 23.2 Å². The molecule has 2 rings (SSSR count). The fraction of sp³-hybridized carbons (Fsp3) is 0.583. The van der Waals surface area contributed by atoms with Gasteiger partial charge in [-0.2, -0.15) is 11.8 Å². The van der Waals surface area contributed by atoms with Crippen molar-refractivity contribution >= 4 is 17.7 Å². The SMILES string of the molecule is Cc1oc(C(=O)O)cc1CN1CCCSCC1. The maximum atomic E-state index is 10.8. The molecule has 0 radical (unpaired) electrons. The summed E-state index contributed by atoms with van der Waals surface area (Å²) in [5, 5.41) is 8.86. The fourth-order valence-corrected chi connectivity index (χ4v) is 2.90. The van der Waals surface area contributed by atoms with Crippen LogP contribution in [-0.4, -0.2) is 40.6 Å². The highest BCUT2D eigenvalue weighted by Crippen LogP contribution is 2.19. The predicted octanol–water partition coefficient (Wildman–Crippen LogP) is 2.23. The number of nitrogens with zero attached hydrogens (tertiary/aromatic N) is 1. The smallest absolute Gasteiger partial charge is 0.371 e. The molecule has 1 aromatic heterocycles. The number of hydrogen-bond donors (Lipinski definition) is 1. The summed E-state index contributed by atoms with van der Waals surface area (Å²) in [4.78, 5) is 13.2. The third-order valence-corrected chi connectivity index (χ3v) is 3.99. The average molecular weight is 255 g/mol. The van der Waals surface area contributed by atoms with Gasteiger partial charge in [0.2, 0.25) is 5.76 Å². The van der Waals surface area contributed by atoms with Gasteiger partial charge in [0.05, 0.1) is 0 Å². The number of thioether (sulfide) groups is 1. The molecule has 1 aliphatic heterocycles. The van der Waals surface area contributed by atoms with Gasteiger partial charge >= 0.3 is 5.97 Å². The molecule has 1 fully saturated rings. The Morgan fingerprint density at radius 3 is 3.06 bits per heavy atom. The van der Waals surface area contributed by atoms with Gasteiger partial charge < -0.3 is 9.52 Å². The summed E-state index contributed by atoms with van der Waals surface area (Å²) in [6.45, 7) is 4.77. The topological polar surface area (TPSA) is 53.7 Å². The highest BCUT2D eigenvalue weighted by Gasteiger charge is 2.16. The number of aryl methyl sites for hydroxylation is 1. The molecule has 0 spiro atoms. The molecule has 0 atom stereocenters. The highest BCUT2D eigenvalue weighted by molar-refractivity contribution is 7.99. The lowest BCUT2D eigenvalue weighted by molar-refractivity contribution is 0.0661. The zero-order valence-electron chi connectivity index (χ0n) is 9.94. The van der Waals surface area contributed by atoms with Gasteiger partial charge in [-0.3, -0.25) is 4.90 Å². The van der Waals surface area contributed by atoms with Gasteiger partial charge in [0.25, 0.3) is 0 Å². The third kappa shape index (κ3) is 3.26. The zero-order chi connectivity index (χ0) is 12.3. The van der Waals surface area contributed by atoms with Crippen LogP contribution in [0.5, 0.6) is 0 Å². The van der Waals surface area contributed by atoms with E-state index in [1.165, 1.54) is 12.2 Å². The summed E-state index contributed by atoms with van der Waals surface area (Å²) in [7, 11) is 0. The van der Waals surface area contributed by atoms with Crippen LogP contribution in [0, 0.1) is 6.92 Å². The Bertz CT molecular complexity index is 394. The van der Waals surface area contributed by atoms with Crippen LogP contribution in [0.2, 0.25) is 0 Å². The predicted molar refractivity (Wildman–Crippen MR) is 67.6 cm³/mol. The quantitative estimate of drug-likeness (QED) is 0.897. The molecule has 4 nitrogen and oxygen atoms in total. The van der Waals surface area contributed by atoms with E-state index >= 15 is 0 Å². The molecule has 1 aliphatic rings. The van der Waals surface area contributed by atoms with E-state index in [-0.39, 0.29) is 5.76 Å². The summed E-state index contributed by atoms with van der Waals surface area (Å²) in [6.07, 6.45) is 1.20. The van der Waals surface area contributed by atoms with E-state index < -0.39 is 5.97 Å². The van der Waals surface area contributed by atoms with E-state index in [0.717, 1.165) is 36.7 Å². The Kier molecular flexibility index (Phi) is 4.12. The minimum absolute atomic E-state index is 0.0432. The summed E-state index contributed by atoms with van der Waals surface area (Å²) >= 11 is 1.99. The molecular weight excluding hydrogens is 238 g/mol. The largest absolute Gasteiger partial charge is 0.475 e. The maximum absolute atomic E-state index is 10.8. The molecule has 1 aromatic rings. The Morgan fingerprint density at radius 1 is 1.53 bits per heavy atom. The number of rotatable bonds is 3. The Morgan fingerprint density at radius 2 is 2.35 bits per heavy atom. The Labute approximate surface area is 105 Å². The van der Waals surface area contributed by atoms with Crippen molar-refractivity contribution in [3.63, 3.8) is 0 Å². The normalized spacial score (nSPS) is 17.9. The van der Waals surface area contributed by atoms with E-state index in [1.807, 2.05) is 18.7 Å². The van der Waals surface area contributed by atoms with Gasteiger partial charge in [-0.15, -0.1) is 0 Å². The Hall–Kier alpha value is -0.940. The van der Waals surface area contributed by atoms with Crippen molar-refractivity contribution in [3.8, 4) is 0 Å². The maximum Gasteiger partial charge on any atom is 0.371 e. The minimum Gasteiger partial charge on any atom is -0.475 e. The number of carbonyl (C=O) groups is 1. The number of furan rings is 1. The summed E-state index contributed by atoms with van der Waals surface area (Å²) in [6, 6.07) is 1.65. The lowest BCUT2D eigenvalue weighted by Crippen LogP contribution is -2.25. The number of carboxylic acids is 1. The lowest BCUT2D eigenvalue weighted by Gasteiger charge is -2.18. The highest BCUT2D eigenvalue weighted by atomic mass is 32.2. The number of aromatic carboxylic acids is 1. The monoisotopic (exact) mass is 255 g/mol. The van der Waals surface area contributed by atoms with Gasteiger partial charge in [0.1, 0.15) is 5.76 Å². The summed E-state index contributed by atoms with van der Waals surface area (Å²) < 4.78 is 5.22. The first-order chi connectivity index (χ1) is 8.16. The third-order valence-electron chi connectivity index (χ3n) is 2.94.